The van der Waals surface area contributed by atoms with Crippen molar-refractivity contribution in [3.8, 4) is 5.75 Å². The summed E-state index contributed by atoms with van der Waals surface area (Å²) in [7, 11) is 1.59. The number of carbonyl (C=O) groups is 2. The van der Waals surface area contributed by atoms with Gasteiger partial charge in [-0.25, -0.2) is 4.79 Å². The summed E-state index contributed by atoms with van der Waals surface area (Å²) in [5.41, 5.74) is 0. The van der Waals surface area contributed by atoms with Crippen LogP contribution in [0.2, 0.25) is 0 Å². The highest BCUT2D eigenvalue weighted by atomic mass is 32.2. The molecular weight excluding hydrogens is 320 g/mol. The second-order valence-electron chi connectivity index (χ2n) is 4.28. The molecule has 5 nitrogen and oxygen atoms in total. The summed E-state index contributed by atoms with van der Waals surface area (Å²) in [6.07, 6.45) is 0. The Bertz CT molecular complexity index is 629. The van der Waals surface area contributed by atoms with Gasteiger partial charge in [0, 0.05) is 9.77 Å². The first-order chi connectivity index (χ1) is 10.7. The third-order valence-electron chi connectivity index (χ3n) is 2.67. The number of imide groups is 1. The van der Waals surface area contributed by atoms with Gasteiger partial charge in [-0.15, -0.1) is 23.1 Å². The van der Waals surface area contributed by atoms with E-state index in [1.165, 1.54) is 11.8 Å². The summed E-state index contributed by atoms with van der Waals surface area (Å²) in [4.78, 5) is 25.3. The Hall–Kier alpha value is -1.99. The van der Waals surface area contributed by atoms with E-state index in [2.05, 4.69) is 10.6 Å². The smallest absolute Gasteiger partial charge is 0.321 e. The van der Waals surface area contributed by atoms with Crippen LogP contribution in [0.3, 0.4) is 0 Å². The van der Waals surface area contributed by atoms with Gasteiger partial charge >= 0.3 is 6.03 Å². The zero-order chi connectivity index (χ0) is 15.8. The van der Waals surface area contributed by atoms with Crippen LogP contribution < -0.4 is 15.4 Å². The molecule has 1 heterocycles. The van der Waals surface area contributed by atoms with E-state index in [-0.39, 0.29) is 11.7 Å². The molecule has 22 heavy (non-hydrogen) atoms. The molecule has 0 atom stereocenters. The third-order valence-corrected chi connectivity index (χ3v) is 4.54. The highest BCUT2D eigenvalue weighted by Crippen LogP contribution is 2.22. The second-order valence-corrected chi connectivity index (χ2v) is 6.36. The van der Waals surface area contributed by atoms with Crippen molar-refractivity contribution in [2.75, 3.05) is 12.9 Å². The lowest BCUT2D eigenvalue weighted by Gasteiger charge is -2.06. The van der Waals surface area contributed by atoms with Crippen molar-refractivity contribution < 1.29 is 14.3 Å². The predicted octanol–water partition coefficient (Wildman–Crippen LogP) is 2.87. The fourth-order valence-corrected chi connectivity index (χ4v) is 3.02. The molecule has 116 valence electrons. The quantitative estimate of drug-likeness (QED) is 0.796. The molecule has 0 saturated carbocycles. The molecule has 3 amide bonds. The van der Waals surface area contributed by atoms with Crippen molar-refractivity contribution in [2.45, 2.75) is 11.4 Å². The summed E-state index contributed by atoms with van der Waals surface area (Å²) in [5, 5.41) is 6.88. The van der Waals surface area contributed by atoms with Gasteiger partial charge < -0.3 is 10.1 Å². The molecule has 2 aromatic rings. The number of carbonyl (C=O) groups excluding carboxylic acids is 2. The topological polar surface area (TPSA) is 67.4 Å². The van der Waals surface area contributed by atoms with Gasteiger partial charge in [0.25, 0.3) is 0 Å². The van der Waals surface area contributed by atoms with E-state index in [1.807, 2.05) is 41.8 Å². The minimum atomic E-state index is -0.482. The molecule has 0 aliphatic carbocycles. The van der Waals surface area contributed by atoms with Crippen molar-refractivity contribution >= 4 is 35.0 Å². The molecule has 1 aromatic heterocycles. The summed E-state index contributed by atoms with van der Waals surface area (Å²) < 4.78 is 5.12. The van der Waals surface area contributed by atoms with Crippen LogP contribution in [0, 0.1) is 0 Å². The average Bonchev–Trinajstić information content (AvgIpc) is 3.04. The van der Waals surface area contributed by atoms with Gasteiger partial charge in [-0.05, 0) is 29.6 Å². The number of amides is 3. The number of ether oxygens (including phenoxy) is 1. The van der Waals surface area contributed by atoms with Crippen LogP contribution in [0.15, 0.2) is 46.7 Å². The number of thiophene rings is 1. The van der Waals surface area contributed by atoms with E-state index in [4.69, 9.17) is 4.74 Å². The summed E-state index contributed by atoms with van der Waals surface area (Å²) in [5.74, 6) is 0.565. The van der Waals surface area contributed by atoms with Gasteiger partial charge in [-0.1, -0.05) is 12.1 Å². The maximum Gasteiger partial charge on any atom is 0.321 e. The van der Waals surface area contributed by atoms with E-state index >= 15 is 0 Å². The SMILES string of the molecule is COc1cccc(SCC(=O)NC(=O)NCc2cccs2)c1. The number of hydrogen-bond acceptors (Lipinski definition) is 5. The molecule has 0 spiro atoms. The number of methoxy groups -OCH3 is 1. The predicted molar refractivity (Wildman–Crippen MR) is 88.4 cm³/mol. The monoisotopic (exact) mass is 336 g/mol. The highest BCUT2D eigenvalue weighted by molar-refractivity contribution is 8.00. The lowest BCUT2D eigenvalue weighted by molar-refractivity contribution is -0.117. The van der Waals surface area contributed by atoms with Crippen molar-refractivity contribution in [1.82, 2.24) is 10.6 Å². The summed E-state index contributed by atoms with van der Waals surface area (Å²) in [6.45, 7) is 0.416. The number of thioether (sulfide) groups is 1. The van der Waals surface area contributed by atoms with Crippen LogP contribution in [-0.4, -0.2) is 24.8 Å². The Labute approximate surface area is 137 Å². The van der Waals surface area contributed by atoms with Crippen molar-refractivity contribution in [1.29, 1.82) is 0 Å². The van der Waals surface area contributed by atoms with E-state index in [1.54, 1.807) is 18.4 Å². The number of urea groups is 1. The number of rotatable bonds is 6. The van der Waals surface area contributed by atoms with Crippen LogP contribution in [-0.2, 0) is 11.3 Å². The average molecular weight is 336 g/mol. The second kappa shape index (κ2) is 8.45. The molecule has 7 heteroatoms. The fourth-order valence-electron chi connectivity index (χ4n) is 1.63. The normalized spacial score (nSPS) is 10.0. The molecule has 0 fully saturated rings. The largest absolute Gasteiger partial charge is 0.497 e. The van der Waals surface area contributed by atoms with Gasteiger partial charge in [0.05, 0.1) is 19.4 Å². The zero-order valence-corrected chi connectivity index (χ0v) is 13.6. The first-order valence-corrected chi connectivity index (χ1v) is 8.41. The van der Waals surface area contributed by atoms with Crippen molar-refractivity contribution in [3.05, 3.63) is 46.7 Å². The van der Waals surface area contributed by atoms with Crippen LogP contribution in [0.5, 0.6) is 5.75 Å². The van der Waals surface area contributed by atoms with Crippen LogP contribution in [0.25, 0.3) is 0 Å². The molecule has 0 saturated heterocycles. The Morgan fingerprint density at radius 1 is 1.27 bits per heavy atom. The Balaban J connectivity index is 1.71. The van der Waals surface area contributed by atoms with E-state index in [0.717, 1.165) is 15.5 Å². The Kier molecular flexibility index (Phi) is 6.29. The molecule has 0 aliphatic rings. The van der Waals surface area contributed by atoms with Crippen LogP contribution in [0.1, 0.15) is 4.88 Å². The Morgan fingerprint density at radius 3 is 2.86 bits per heavy atom. The lowest BCUT2D eigenvalue weighted by atomic mass is 10.3. The first kappa shape index (κ1) is 16.4. The van der Waals surface area contributed by atoms with Gasteiger partial charge in [-0.3, -0.25) is 10.1 Å². The van der Waals surface area contributed by atoms with E-state index < -0.39 is 6.03 Å². The molecule has 0 bridgehead atoms. The summed E-state index contributed by atoms with van der Waals surface area (Å²) >= 11 is 2.90. The van der Waals surface area contributed by atoms with Crippen molar-refractivity contribution in [2.24, 2.45) is 0 Å². The van der Waals surface area contributed by atoms with Gasteiger partial charge in [0.15, 0.2) is 0 Å². The van der Waals surface area contributed by atoms with Gasteiger partial charge in [0.1, 0.15) is 5.75 Å². The molecular formula is C15H16N2O3S2. The molecule has 0 radical (unpaired) electrons. The molecule has 0 aliphatic heterocycles. The first-order valence-electron chi connectivity index (χ1n) is 6.54. The molecule has 1 aromatic carbocycles. The summed E-state index contributed by atoms with van der Waals surface area (Å²) in [6, 6.07) is 10.8. The van der Waals surface area contributed by atoms with Gasteiger partial charge in [0.2, 0.25) is 5.91 Å². The van der Waals surface area contributed by atoms with Crippen molar-refractivity contribution in [3.63, 3.8) is 0 Å². The molecule has 2 rings (SSSR count). The molecule has 2 N–H and O–H groups in total. The van der Waals surface area contributed by atoms with Crippen LogP contribution in [0.4, 0.5) is 4.79 Å². The third kappa shape index (κ3) is 5.42. The fraction of sp³-hybridized carbons (Fsp3) is 0.200. The minimum absolute atomic E-state index is 0.166. The van der Waals surface area contributed by atoms with Gasteiger partial charge in [-0.2, -0.15) is 0 Å². The minimum Gasteiger partial charge on any atom is -0.497 e. The Morgan fingerprint density at radius 2 is 2.14 bits per heavy atom. The lowest BCUT2D eigenvalue weighted by Crippen LogP contribution is -2.39. The highest BCUT2D eigenvalue weighted by Gasteiger charge is 2.08. The number of hydrogen-bond donors (Lipinski definition) is 2. The maximum atomic E-state index is 11.7. The van der Waals surface area contributed by atoms with E-state index in [9.17, 15) is 9.59 Å². The number of nitrogens with one attached hydrogen (secondary N) is 2. The van der Waals surface area contributed by atoms with E-state index in [0.29, 0.717) is 6.54 Å². The maximum absolute atomic E-state index is 11.7. The standard InChI is InChI=1S/C15H16N2O3S2/c1-20-11-4-2-5-12(8-11)22-10-14(18)17-15(19)16-9-13-6-3-7-21-13/h2-8H,9-10H2,1H3,(H2,16,17,18,19). The zero-order valence-electron chi connectivity index (χ0n) is 12.0. The van der Waals surface area contributed by atoms with Crippen LogP contribution >= 0.6 is 23.1 Å². The molecule has 0 unspecified atom stereocenters. The number of benzene rings is 1.